The number of hydrogen-bond donors (Lipinski definition) is 1. The Morgan fingerprint density at radius 2 is 1.83 bits per heavy atom. The first kappa shape index (κ1) is 13.6. The lowest BCUT2D eigenvalue weighted by atomic mass is 9.84. The standard InChI is InChI=1S/C16H26N2/c1-16(2)9-4-10-18(13-16)12-15-7-5-14(6-8-15)11-17-3/h5-8,17H,4,9-13H2,1-3H3. The molecule has 1 saturated heterocycles. The van der Waals surface area contributed by atoms with Crippen LogP contribution in [0.25, 0.3) is 0 Å². The second-order valence-corrected chi connectivity index (χ2v) is 6.33. The Balaban J connectivity index is 1.92. The van der Waals surface area contributed by atoms with Crippen LogP contribution in [-0.4, -0.2) is 25.0 Å². The molecule has 1 aliphatic heterocycles. The van der Waals surface area contributed by atoms with Crippen molar-refractivity contribution in [2.24, 2.45) is 5.41 Å². The van der Waals surface area contributed by atoms with Crippen molar-refractivity contribution in [3.63, 3.8) is 0 Å². The molecule has 100 valence electrons. The third-order valence-corrected chi connectivity index (χ3v) is 3.79. The van der Waals surface area contributed by atoms with Gasteiger partial charge in [-0.05, 0) is 43.0 Å². The molecule has 1 heterocycles. The van der Waals surface area contributed by atoms with Gasteiger partial charge in [0.25, 0.3) is 0 Å². The second kappa shape index (κ2) is 5.85. The fraction of sp³-hybridized carbons (Fsp3) is 0.625. The summed E-state index contributed by atoms with van der Waals surface area (Å²) in [6.07, 6.45) is 2.70. The van der Waals surface area contributed by atoms with Crippen molar-refractivity contribution in [2.45, 2.75) is 39.8 Å². The van der Waals surface area contributed by atoms with Crippen molar-refractivity contribution >= 4 is 0 Å². The van der Waals surface area contributed by atoms with Crippen LogP contribution in [-0.2, 0) is 13.1 Å². The summed E-state index contributed by atoms with van der Waals surface area (Å²) in [5.41, 5.74) is 3.29. The zero-order valence-corrected chi connectivity index (χ0v) is 12.0. The van der Waals surface area contributed by atoms with E-state index in [0.29, 0.717) is 5.41 Å². The van der Waals surface area contributed by atoms with Crippen LogP contribution in [0.2, 0.25) is 0 Å². The lowest BCUT2D eigenvalue weighted by molar-refractivity contribution is 0.111. The Morgan fingerprint density at radius 1 is 1.17 bits per heavy atom. The van der Waals surface area contributed by atoms with E-state index in [-0.39, 0.29) is 0 Å². The van der Waals surface area contributed by atoms with E-state index >= 15 is 0 Å². The molecule has 2 nitrogen and oxygen atoms in total. The maximum Gasteiger partial charge on any atom is 0.0233 e. The highest BCUT2D eigenvalue weighted by atomic mass is 15.1. The molecule has 2 rings (SSSR count). The Kier molecular flexibility index (Phi) is 4.41. The lowest BCUT2D eigenvalue weighted by Crippen LogP contribution is -2.39. The van der Waals surface area contributed by atoms with E-state index in [2.05, 4.69) is 48.3 Å². The molecular formula is C16H26N2. The van der Waals surface area contributed by atoms with E-state index in [1.54, 1.807) is 0 Å². The number of piperidine rings is 1. The van der Waals surface area contributed by atoms with E-state index in [9.17, 15) is 0 Å². The van der Waals surface area contributed by atoms with Gasteiger partial charge >= 0.3 is 0 Å². The minimum absolute atomic E-state index is 0.490. The summed E-state index contributed by atoms with van der Waals surface area (Å²) in [5, 5.41) is 3.19. The van der Waals surface area contributed by atoms with Gasteiger partial charge in [0.15, 0.2) is 0 Å². The number of benzene rings is 1. The zero-order chi connectivity index (χ0) is 13.0. The molecule has 0 amide bonds. The number of likely N-dealkylation sites (tertiary alicyclic amines) is 1. The van der Waals surface area contributed by atoms with Gasteiger partial charge in [0.05, 0.1) is 0 Å². The summed E-state index contributed by atoms with van der Waals surface area (Å²) >= 11 is 0. The first-order chi connectivity index (χ1) is 8.59. The average molecular weight is 246 g/mol. The molecule has 0 atom stereocenters. The maximum atomic E-state index is 3.19. The normalized spacial score (nSPS) is 19.9. The Bertz CT molecular complexity index is 367. The molecule has 1 N–H and O–H groups in total. The average Bonchev–Trinajstić information content (AvgIpc) is 2.31. The summed E-state index contributed by atoms with van der Waals surface area (Å²) in [7, 11) is 1.99. The predicted octanol–water partition coefficient (Wildman–Crippen LogP) is 3.03. The number of nitrogens with zero attached hydrogens (tertiary/aromatic N) is 1. The Morgan fingerprint density at radius 3 is 2.44 bits per heavy atom. The van der Waals surface area contributed by atoms with Crippen LogP contribution in [0.3, 0.4) is 0 Å². The van der Waals surface area contributed by atoms with E-state index in [0.717, 1.165) is 13.1 Å². The molecule has 0 spiro atoms. The molecule has 0 bridgehead atoms. The SMILES string of the molecule is CNCc1ccc(CN2CCCC(C)(C)C2)cc1. The van der Waals surface area contributed by atoms with Gasteiger partial charge in [-0.15, -0.1) is 0 Å². The van der Waals surface area contributed by atoms with Crippen LogP contribution in [0.5, 0.6) is 0 Å². The summed E-state index contributed by atoms with van der Waals surface area (Å²) < 4.78 is 0. The summed E-state index contributed by atoms with van der Waals surface area (Å²) in [6, 6.07) is 9.02. The van der Waals surface area contributed by atoms with Crippen LogP contribution in [0.15, 0.2) is 24.3 Å². The molecule has 1 aliphatic rings. The van der Waals surface area contributed by atoms with E-state index in [1.807, 2.05) is 7.05 Å². The molecule has 0 radical (unpaired) electrons. The molecule has 2 heteroatoms. The molecule has 0 unspecified atom stereocenters. The molecule has 1 fully saturated rings. The van der Waals surface area contributed by atoms with Gasteiger partial charge in [0.1, 0.15) is 0 Å². The highest BCUT2D eigenvalue weighted by Gasteiger charge is 2.25. The summed E-state index contributed by atoms with van der Waals surface area (Å²) in [5.74, 6) is 0. The summed E-state index contributed by atoms with van der Waals surface area (Å²) in [6.45, 7) is 9.30. The third-order valence-electron chi connectivity index (χ3n) is 3.79. The van der Waals surface area contributed by atoms with Gasteiger partial charge in [-0.2, -0.15) is 0 Å². The maximum absolute atomic E-state index is 3.19. The van der Waals surface area contributed by atoms with Gasteiger partial charge in [-0.25, -0.2) is 0 Å². The summed E-state index contributed by atoms with van der Waals surface area (Å²) in [4.78, 5) is 2.59. The van der Waals surface area contributed by atoms with E-state index in [4.69, 9.17) is 0 Å². The van der Waals surface area contributed by atoms with E-state index in [1.165, 1.54) is 37.1 Å². The van der Waals surface area contributed by atoms with Gasteiger partial charge in [0, 0.05) is 19.6 Å². The first-order valence-corrected chi connectivity index (χ1v) is 7.04. The molecule has 1 aromatic rings. The Labute approximate surface area is 111 Å². The fourth-order valence-corrected chi connectivity index (χ4v) is 2.90. The molecule has 18 heavy (non-hydrogen) atoms. The molecule has 1 aromatic carbocycles. The number of rotatable bonds is 4. The monoisotopic (exact) mass is 246 g/mol. The second-order valence-electron chi connectivity index (χ2n) is 6.33. The van der Waals surface area contributed by atoms with Crippen molar-refractivity contribution in [3.05, 3.63) is 35.4 Å². The third kappa shape index (κ3) is 3.82. The minimum atomic E-state index is 0.490. The van der Waals surface area contributed by atoms with Gasteiger partial charge in [-0.1, -0.05) is 38.1 Å². The quantitative estimate of drug-likeness (QED) is 0.878. The largest absolute Gasteiger partial charge is 0.316 e. The Hall–Kier alpha value is -0.860. The van der Waals surface area contributed by atoms with Gasteiger partial charge in [0.2, 0.25) is 0 Å². The minimum Gasteiger partial charge on any atom is -0.316 e. The topological polar surface area (TPSA) is 15.3 Å². The molecule has 0 saturated carbocycles. The van der Waals surface area contributed by atoms with Crippen LogP contribution in [0.1, 0.15) is 37.8 Å². The highest BCUT2D eigenvalue weighted by Crippen LogP contribution is 2.29. The van der Waals surface area contributed by atoms with Crippen molar-refractivity contribution < 1.29 is 0 Å². The van der Waals surface area contributed by atoms with Crippen molar-refractivity contribution in [2.75, 3.05) is 20.1 Å². The van der Waals surface area contributed by atoms with Gasteiger partial charge < -0.3 is 5.32 Å². The lowest BCUT2D eigenvalue weighted by Gasteiger charge is -2.38. The molecule has 0 aliphatic carbocycles. The number of nitrogens with one attached hydrogen (secondary N) is 1. The van der Waals surface area contributed by atoms with E-state index < -0.39 is 0 Å². The van der Waals surface area contributed by atoms with Gasteiger partial charge in [-0.3, -0.25) is 4.90 Å². The van der Waals surface area contributed by atoms with Crippen molar-refractivity contribution in [3.8, 4) is 0 Å². The van der Waals surface area contributed by atoms with Crippen LogP contribution in [0.4, 0.5) is 0 Å². The highest BCUT2D eigenvalue weighted by molar-refractivity contribution is 5.22. The fourth-order valence-electron chi connectivity index (χ4n) is 2.90. The first-order valence-electron chi connectivity index (χ1n) is 7.04. The smallest absolute Gasteiger partial charge is 0.0233 e. The van der Waals surface area contributed by atoms with Crippen LogP contribution < -0.4 is 5.32 Å². The molecule has 0 aromatic heterocycles. The van der Waals surface area contributed by atoms with Crippen LogP contribution >= 0.6 is 0 Å². The number of hydrogen-bond acceptors (Lipinski definition) is 2. The zero-order valence-electron chi connectivity index (χ0n) is 12.0. The van der Waals surface area contributed by atoms with Crippen molar-refractivity contribution in [1.29, 1.82) is 0 Å². The van der Waals surface area contributed by atoms with Crippen LogP contribution in [0, 0.1) is 5.41 Å². The predicted molar refractivity (Wildman–Crippen MR) is 77.5 cm³/mol. The molecular weight excluding hydrogens is 220 g/mol. The van der Waals surface area contributed by atoms with Crippen molar-refractivity contribution in [1.82, 2.24) is 10.2 Å².